The molecule has 94 valence electrons. The van der Waals surface area contributed by atoms with Gasteiger partial charge in [-0.25, -0.2) is 8.78 Å². The maximum Gasteiger partial charge on any atom is 0.163 e. The van der Waals surface area contributed by atoms with E-state index in [1.807, 2.05) is 0 Å². The lowest BCUT2D eigenvalue weighted by Gasteiger charge is -2.31. The standard InChI is InChI=1S/C13H16BrF2N/c14-8-10-4-6-17(7-5-10)9-11-2-1-3-12(15)13(11)16/h1-3,10H,4-9H2. The fourth-order valence-corrected chi connectivity index (χ4v) is 2.86. The van der Waals surface area contributed by atoms with Crippen LogP contribution in [0, 0.1) is 17.6 Å². The second kappa shape index (κ2) is 5.91. The van der Waals surface area contributed by atoms with Crippen LogP contribution in [0.5, 0.6) is 0 Å². The molecule has 0 aromatic heterocycles. The largest absolute Gasteiger partial charge is 0.299 e. The first kappa shape index (κ1) is 13.0. The Hall–Kier alpha value is -0.480. The fourth-order valence-electron chi connectivity index (χ4n) is 2.21. The van der Waals surface area contributed by atoms with Crippen molar-refractivity contribution < 1.29 is 8.78 Å². The third-order valence-electron chi connectivity index (χ3n) is 3.35. The fraction of sp³-hybridized carbons (Fsp3) is 0.538. The Morgan fingerprint density at radius 3 is 2.59 bits per heavy atom. The number of halogens is 3. The molecule has 4 heteroatoms. The average molecular weight is 304 g/mol. The molecule has 17 heavy (non-hydrogen) atoms. The molecule has 0 N–H and O–H groups in total. The van der Waals surface area contributed by atoms with Crippen LogP contribution in [0.4, 0.5) is 8.78 Å². The van der Waals surface area contributed by atoms with Crippen LogP contribution in [0.15, 0.2) is 18.2 Å². The van der Waals surface area contributed by atoms with Crippen molar-refractivity contribution in [3.05, 3.63) is 35.4 Å². The molecule has 0 amide bonds. The van der Waals surface area contributed by atoms with Gasteiger partial charge in [-0.3, -0.25) is 4.90 Å². The lowest BCUT2D eigenvalue weighted by atomic mass is 9.99. The van der Waals surface area contributed by atoms with Gasteiger partial charge in [0.25, 0.3) is 0 Å². The van der Waals surface area contributed by atoms with Crippen LogP contribution in [-0.4, -0.2) is 23.3 Å². The van der Waals surface area contributed by atoms with E-state index in [2.05, 4.69) is 20.8 Å². The highest BCUT2D eigenvalue weighted by atomic mass is 79.9. The van der Waals surface area contributed by atoms with Crippen LogP contribution >= 0.6 is 15.9 Å². The maximum atomic E-state index is 13.5. The zero-order valence-electron chi connectivity index (χ0n) is 9.63. The van der Waals surface area contributed by atoms with E-state index < -0.39 is 11.6 Å². The van der Waals surface area contributed by atoms with E-state index in [0.717, 1.165) is 43.2 Å². The third kappa shape index (κ3) is 3.26. The van der Waals surface area contributed by atoms with Crippen molar-refractivity contribution >= 4 is 15.9 Å². The first-order valence-corrected chi connectivity index (χ1v) is 7.04. The van der Waals surface area contributed by atoms with Crippen LogP contribution in [0.1, 0.15) is 18.4 Å². The zero-order valence-corrected chi connectivity index (χ0v) is 11.2. The second-order valence-electron chi connectivity index (χ2n) is 4.59. The molecule has 1 fully saturated rings. The van der Waals surface area contributed by atoms with E-state index in [1.54, 1.807) is 12.1 Å². The van der Waals surface area contributed by atoms with Gasteiger partial charge < -0.3 is 0 Å². The first-order valence-electron chi connectivity index (χ1n) is 5.92. The van der Waals surface area contributed by atoms with E-state index in [4.69, 9.17) is 0 Å². The summed E-state index contributed by atoms with van der Waals surface area (Å²) in [4.78, 5) is 2.19. The number of piperidine rings is 1. The Labute approximate surface area is 109 Å². The van der Waals surface area contributed by atoms with Gasteiger partial charge in [-0.15, -0.1) is 0 Å². The quantitative estimate of drug-likeness (QED) is 0.772. The number of rotatable bonds is 3. The molecule has 1 aliphatic rings. The minimum absolute atomic E-state index is 0.460. The predicted molar refractivity (Wildman–Crippen MR) is 68.2 cm³/mol. The Balaban J connectivity index is 1.95. The smallest absolute Gasteiger partial charge is 0.163 e. The van der Waals surface area contributed by atoms with Crippen LogP contribution in [0.2, 0.25) is 0 Å². The van der Waals surface area contributed by atoms with Gasteiger partial charge in [-0.2, -0.15) is 0 Å². The zero-order chi connectivity index (χ0) is 12.3. The number of hydrogen-bond donors (Lipinski definition) is 0. The molecule has 0 radical (unpaired) electrons. The van der Waals surface area contributed by atoms with Crippen LogP contribution in [0.3, 0.4) is 0 Å². The molecular weight excluding hydrogens is 288 g/mol. The Morgan fingerprint density at radius 2 is 1.94 bits per heavy atom. The van der Waals surface area contributed by atoms with Gasteiger partial charge in [0.1, 0.15) is 0 Å². The number of benzene rings is 1. The topological polar surface area (TPSA) is 3.24 Å². The van der Waals surface area contributed by atoms with Gasteiger partial charge in [0.15, 0.2) is 11.6 Å². The van der Waals surface area contributed by atoms with E-state index in [-0.39, 0.29) is 0 Å². The molecule has 0 spiro atoms. The van der Waals surface area contributed by atoms with Gasteiger partial charge in [-0.1, -0.05) is 28.1 Å². The molecule has 0 aliphatic carbocycles. The van der Waals surface area contributed by atoms with Crippen molar-refractivity contribution in [1.29, 1.82) is 0 Å². The summed E-state index contributed by atoms with van der Waals surface area (Å²) < 4.78 is 26.5. The Morgan fingerprint density at radius 1 is 1.24 bits per heavy atom. The summed E-state index contributed by atoms with van der Waals surface area (Å²) in [7, 11) is 0. The SMILES string of the molecule is Fc1cccc(CN2CCC(CBr)CC2)c1F. The molecule has 2 rings (SSSR count). The minimum Gasteiger partial charge on any atom is -0.299 e. The lowest BCUT2D eigenvalue weighted by Crippen LogP contribution is -2.33. The number of nitrogens with zero attached hydrogens (tertiary/aromatic N) is 1. The number of hydrogen-bond acceptors (Lipinski definition) is 1. The maximum absolute atomic E-state index is 13.5. The summed E-state index contributed by atoms with van der Waals surface area (Å²) in [5, 5.41) is 1.04. The highest BCUT2D eigenvalue weighted by Gasteiger charge is 2.19. The monoisotopic (exact) mass is 303 g/mol. The van der Waals surface area contributed by atoms with Crippen molar-refractivity contribution in [1.82, 2.24) is 4.90 Å². The Kier molecular flexibility index (Phi) is 4.51. The summed E-state index contributed by atoms with van der Waals surface area (Å²) in [5.41, 5.74) is 0.460. The van der Waals surface area contributed by atoms with Gasteiger partial charge >= 0.3 is 0 Å². The molecule has 0 saturated carbocycles. The average Bonchev–Trinajstić information content (AvgIpc) is 2.36. The van der Waals surface area contributed by atoms with Crippen LogP contribution < -0.4 is 0 Å². The lowest BCUT2D eigenvalue weighted by molar-refractivity contribution is 0.185. The van der Waals surface area contributed by atoms with Gasteiger partial charge in [0.05, 0.1) is 0 Å². The molecule has 1 aromatic carbocycles. The molecular formula is C13H16BrF2N. The summed E-state index contributed by atoms with van der Waals surface area (Å²) in [5.74, 6) is -0.725. The van der Waals surface area contributed by atoms with Gasteiger partial charge in [0, 0.05) is 17.4 Å². The highest BCUT2D eigenvalue weighted by molar-refractivity contribution is 9.09. The van der Waals surface area contributed by atoms with E-state index >= 15 is 0 Å². The molecule has 1 aromatic rings. The van der Waals surface area contributed by atoms with E-state index in [0.29, 0.717) is 12.1 Å². The predicted octanol–water partition coefficient (Wildman–Crippen LogP) is 3.57. The summed E-state index contributed by atoms with van der Waals surface area (Å²) in [6, 6.07) is 4.39. The van der Waals surface area contributed by atoms with Crippen LogP contribution in [0.25, 0.3) is 0 Å². The normalized spacial score (nSPS) is 18.5. The second-order valence-corrected chi connectivity index (χ2v) is 5.23. The van der Waals surface area contributed by atoms with Gasteiger partial charge in [0.2, 0.25) is 0 Å². The molecule has 0 atom stereocenters. The minimum atomic E-state index is -0.752. The number of alkyl halides is 1. The molecule has 1 nitrogen and oxygen atoms in total. The van der Waals surface area contributed by atoms with E-state index in [1.165, 1.54) is 0 Å². The Bertz CT molecular complexity index is 376. The van der Waals surface area contributed by atoms with Crippen molar-refractivity contribution in [3.8, 4) is 0 Å². The summed E-state index contributed by atoms with van der Waals surface area (Å²) in [6.45, 7) is 2.44. The first-order chi connectivity index (χ1) is 8.20. The molecule has 1 heterocycles. The molecule has 1 saturated heterocycles. The van der Waals surface area contributed by atoms with Crippen molar-refractivity contribution in [2.24, 2.45) is 5.92 Å². The highest BCUT2D eigenvalue weighted by Crippen LogP contribution is 2.21. The molecule has 1 aliphatic heterocycles. The summed E-state index contributed by atoms with van der Waals surface area (Å²) in [6.07, 6.45) is 2.25. The van der Waals surface area contributed by atoms with Gasteiger partial charge in [-0.05, 0) is 37.9 Å². The van der Waals surface area contributed by atoms with Crippen molar-refractivity contribution in [3.63, 3.8) is 0 Å². The molecule has 0 bridgehead atoms. The summed E-state index contributed by atoms with van der Waals surface area (Å²) >= 11 is 3.49. The van der Waals surface area contributed by atoms with Crippen LogP contribution in [-0.2, 0) is 6.54 Å². The van der Waals surface area contributed by atoms with E-state index in [9.17, 15) is 8.78 Å². The molecule has 0 unspecified atom stereocenters. The van der Waals surface area contributed by atoms with Crippen molar-refractivity contribution in [2.45, 2.75) is 19.4 Å². The third-order valence-corrected chi connectivity index (χ3v) is 4.27. The number of likely N-dealkylation sites (tertiary alicyclic amines) is 1. The van der Waals surface area contributed by atoms with Crippen molar-refractivity contribution in [2.75, 3.05) is 18.4 Å².